The van der Waals surface area contributed by atoms with Crippen molar-refractivity contribution < 1.29 is 0 Å². The van der Waals surface area contributed by atoms with Crippen molar-refractivity contribution in [3.05, 3.63) is 72.8 Å². The van der Waals surface area contributed by atoms with Crippen LogP contribution in [0.3, 0.4) is 0 Å². The van der Waals surface area contributed by atoms with Crippen LogP contribution < -0.4 is 4.90 Å². The van der Waals surface area contributed by atoms with E-state index in [0.717, 1.165) is 51.8 Å². The van der Waals surface area contributed by atoms with Crippen LogP contribution in [0.5, 0.6) is 0 Å². The van der Waals surface area contributed by atoms with E-state index in [2.05, 4.69) is 71.6 Å². The van der Waals surface area contributed by atoms with Gasteiger partial charge in [0.25, 0.3) is 0 Å². The highest BCUT2D eigenvalue weighted by Crippen LogP contribution is 2.32. The van der Waals surface area contributed by atoms with Gasteiger partial charge in [0.1, 0.15) is 0 Å². The molecule has 3 aromatic carbocycles. The zero-order valence-electron chi connectivity index (χ0n) is 15.5. The third kappa shape index (κ3) is 2.31. The standard InChI is InChI=1S/C24H20N4/c1-2-8-17(9-3-1)23-19-10-4-5-11-20(19)24-25-21-13-12-18(27-14-6-7-15-27)16-22(21)28(24)26-23/h1-5,8-13,16H,6-7,14-15H2. The normalized spacial score (nSPS) is 14.5. The molecule has 0 N–H and O–H groups in total. The number of imidazole rings is 1. The Kier molecular flexibility index (Phi) is 3.38. The van der Waals surface area contributed by atoms with Crippen LogP contribution in [0, 0.1) is 0 Å². The van der Waals surface area contributed by atoms with Crippen LogP contribution >= 0.6 is 0 Å². The van der Waals surface area contributed by atoms with E-state index in [1.807, 2.05) is 10.6 Å². The fourth-order valence-corrected chi connectivity index (χ4v) is 4.35. The monoisotopic (exact) mass is 364 g/mol. The van der Waals surface area contributed by atoms with E-state index in [1.54, 1.807) is 0 Å². The molecule has 0 saturated carbocycles. The van der Waals surface area contributed by atoms with Crippen LogP contribution in [0.4, 0.5) is 5.69 Å². The Morgan fingerprint density at radius 3 is 2.32 bits per heavy atom. The van der Waals surface area contributed by atoms with Crippen molar-refractivity contribution in [2.75, 3.05) is 18.0 Å². The Bertz CT molecular complexity index is 1310. The van der Waals surface area contributed by atoms with E-state index in [1.165, 1.54) is 18.5 Å². The topological polar surface area (TPSA) is 33.4 Å². The molecule has 136 valence electrons. The smallest absolute Gasteiger partial charge is 0.162 e. The molecule has 5 aromatic rings. The molecule has 28 heavy (non-hydrogen) atoms. The molecule has 4 nitrogen and oxygen atoms in total. The summed E-state index contributed by atoms with van der Waals surface area (Å²) in [5.74, 6) is 0. The lowest BCUT2D eigenvalue weighted by atomic mass is 10.1. The largest absolute Gasteiger partial charge is 0.371 e. The summed E-state index contributed by atoms with van der Waals surface area (Å²) < 4.78 is 2.03. The Hall–Kier alpha value is -3.40. The van der Waals surface area contributed by atoms with Crippen LogP contribution in [0.1, 0.15) is 12.8 Å². The fraction of sp³-hybridized carbons (Fsp3) is 0.167. The molecule has 1 saturated heterocycles. The zero-order valence-corrected chi connectivity index (χ0v) is 15.5. The third-order valence-corrected chi connectivity index (χ3v) is 5.76. The zero-order chi connectivity index (χ0) is 18.5. The highest BCUT2D eigenvalue weighted by molar-refractivity contribution is 6.04. The molecular weight excluding hydrogens is 344 g/mol. The second-order valence-corrected chi connectivity index (χ2v) is 7.47. The molecule has 0 spiro atoms. The van der Waals surface area contributed by atoms with Gasteiger partial charge in [-0.3, -0.25) is 0 Å². The van der Waals surface area contributed by atoms with Crippen molar-refractivity contribution in [1.82, 2.24) is 14.6 Å². The molecule has 1 aliphatic heterocycles. The molecule has 3 heterocycles. The van der Waals surface area contributed by atoms with Gasteiger partial charge in [-0.15, -0.1) is 0 Å². The highest BCUT2D eigenvalue weighted by atomic mass is 15.3. The summed E-state index contributed by atoms with van der Waals surface area (Å²) in [5.41, 5.74) is 6.37. The summed E-state index contributed by atoms with van der Waals surface area (Å²) in [5, 5.41) is 7.34. The number of rotatable bonds is 2. The Morgan fingerprint density at radius 1 is 0.750 bits per heavy atom. The van der Waals surface area contributed by atoms with Crippen molar-refractivity contribution >= 4 is 33.1 Å². The number of anilines is 1. The molecule has 0 aliphatic carbocycles. The number of nitrogens with zero attached hydrogens (tertiary/aromatic N) is 4. The van der Waals surface area contributed by atoms with Crippen LogP contribution in [0.25, 0.3) is 38.7 Å². The lowest BCUT2D eigenvalue weighted by molar-refractivity contribution is 0.949. The SMILES string of the molecule is c1ccc(-c2nn3c4cc(N5CCCC5)ccc4nc3c3ccccc23)cc1. The molecule has 1 aliphatic rings. The van der Waals surface area contributed by atoms with Gasteiger partial charge in [0.15, 0.2) is 5.65 Å². The van der Waals surface area contributed by atoms with E-state index < -0.39 is 0 Å². The quantitative estimate of drug-likeness (QED) is 0.426. The van der Waals surface area contributed by atoms with E-state index in [0.29, 0.717) is 0 Å². The predicted molar refractivity (Wildman–Crippen MR) is 115 cm³/mol. The maximum atomic E-state index is 5.07. The number of hydrogen-bond donors (Lipinski definition) is 0. The minimum atomic E-state index is 0.920. The summed E-state index contributed by atoms with van der Waals surface area (Å²) in [6, 6.07) is 25.4. The number of aromatic nitrogens is 3. The Morgan fingerprint density at radius 2 is 1.50 bits per heavy atom. The van der Waals surface area contributed by atoms with Gasteiger partial charge in [0.2, 0.25) is 0 Å². The minimum absolute atomic E-state index is 0.920. The van der Waals surface area contributed by atoms with E-state index in [4.69, 9.17) is 10.1 Å². The van der Waals surface area contributed by atoms with Gasteiger partial charge in [-0.05, 0) is 31.0 Å². The maximum Gasteiger partial charge on any atom is 0.162 e. The Balaban J connectivity index is 1.69. The molecular formula is C24H20N4. The average Bonchev–Trinajstić information content (AvgIpc) is 3.41. The molecule has 4 heteroatoms. The molecule has 0 bridgehead atoms. The van der Waals surface area contributed by atoms with Crippen molar-refractivity contribution in [3.8, 4) is 11.3 Å². The van der Waals surface area contributed by atoms with Crippen LogP contribution in [0.2, 0.25) is 0 Å². The molecule has 0 atom stereocenters. The molecule has 0 amide bonds. The van der Waals surface area contributed by atoms with Crippen molar-refractivity contribution in [1.29, 1.82) is 0 Å². The first-order chi connectivity index (χ1) is 13.9. The van der Waals surface area contributed by atoms with Gasteiger partial charge in [0, 0.05) is 35.1 Å². The van der Waals surface area contributed by atoms with Crippen LogP contribution in [0.15, 0.2) is 72.8 Å². The summed E-state index contributed by atoms with van der Waals surface area (Å²) >= 11 is 0. The highest BCUT2D eigenvalue weighted by Gasteiger charge is 2.17. The lowest BCUT2D eigenvalue weighted by Gasteiger charge is -2.17. The minimum Gasteiger partial charge on any atom is -0.371 e. The van der Waals surface area contributed by atoms with Crippen molar-refractivity contribution in [3.63, 3.8) is 0 Å². The van der Waals surface area contributed by atoms with Gasteiger partial charge in [-0.25, -0.2) is 9.50 Å². The van der Waals surface area contributed by atoms with Gasteiger partial charge in [-0.2, -0.15) is 5.10 Å². The first-order valence-corrected chi connectivity index (χ1v) is 9.90. The van der Waals surface area contributed by atoms with Gasteiger partial charge < -0.3 is 4.90 Å². The summed E-state index contributed by atoms with van der Waals surface area (Å²) in [6.45, 7) is 2.27. The first kappa shape index (κ1) is 15.6. The van der Waals surface area contributed by atoms with E-state index in [-0.39, 0.29) is 0 Å². The maximum absolute atomic E-state index is 5.07. The average molecular weight is 364 g/mol. The number of benzene rings is 3. The molecule has 6 rings (SSSR count). The van der Waals surface area contributed by atoms with Crippen molar-refractivity contribution in [2.45, 2.75) is 12.8 Å². The van der Waals surface area contributed by atoms with Gasteiger partial charge in [-0.1, -0.05) is 54.6 Å². The number of fused-ring (bicyclic) bond motifs is 5. The summed E-state index contributed by atoms with van der Waals surface area (Å²) in [6.07, 6.45) is 2.54. The van der Waals surface area contributed by atoms with E-state index >= 15 is 0 Å². The molecule has 0 radical (unpaired) electrons. The summed E-state index contributed by atoms with van der Waals surface area (Å²) in [4.78, 5) is 7.38. The summed E-state index contributed by atoms with van der Waals surface area (Å²) in [7, 11) is 0. The first-order valence-electron chi connectivity index (χ1n) is 9.90. The lowest BCUT2D eigenvalue weighted by Crippen LogP contribution is -2.17. The third-order valence-electron chi connectivity index (χ3n) is 5.76. The second-order valence-electron chi connectivity index (χ2n) is 7.47. The number of hydrogen-bond acceptors (Lipinski definition) is 3. The van der Waals surface area contributed by atoms with Crippen LogP contribution in [-0.4, -0.2) is 27.7 Å². The van der Waals surface area contributed by atoms with Gasteiger partial charge >= 0.3 is 0 Å². The fourth-order valence-electron chi connectivity index (χ4n) is 4.35. The Labute approximate surface area is 163 Å². The molecule has 0 unspecified atom stereocenters. The van der Waals surface area contributed by atoms with E-state index in [9.17, 15) is 0 Å². The van der Waals surface area contributed by atoms with Crippen molar-refractivity contribution in [2.24, 2.45) is 0 Å². The van der Waals surface area contributed by atoms with Gasteiger partial charge in [0.05, 0.1) is 16.7 Å². The second kappa shape index (κ2) is 6.06. The predicted octanol–water partition coefficient (Wildman–Crippen LogP) is 5.30. The molecule has 2 aromatic heterocycles. The van der Waals surface area contributed by atoms with Crippen LogP contribution in [-0.2, 0) is 0 Å². The molecule has 1 fully saturated rings.